The zero-order chi connectivity index (χ0) is 18.4. The van der Waals surface area contributed by atoms with Crippen LogP contribution < -0.4 is 10.0 Å². The summed E-state index contributed by atoms with van der Waals surface area (Å²) in [6.45, 7) is 0.869. The minimum Gasteiger partial charge on any atom is -0.383 e. The third-order valence-corrected chi connectivity index (χ3v) is 4.36. The number of nitro groups is 1. The number of rotatable bonds is 9. The summed E-state index contributed by atoms with van der Waals surface area (Å²) < 4.78 is 69.9. The first-order chi connectivity index (χ1) is 11.1. The molecule has 0 aromatic heterocycles. The summed E-state index contributed by atoms with van der Waals surface area (Å²) in [7, 11) is -2.99. The number of benzene rings is 1. The lowest BCUT2D eigenvalue weighted by molar-refractivity contribution is -0.385. The minimum absolute atomic E-state index is 0. The van der Waals surface area contributed by atoms with Crippen LogP contribution in [0.4, 0.5) is 18.9 Å². The Labute approximate surface area is 148 Å². The Bertz CT molecular complexity index is 685. The number of nitro benzene ring substituents is 1. The quantitative estimate of drug-likeness (QED) is 0.365. The maximum absolute atomic E-state index is 13.0. The number of nitrogens with one attached hydrogen (secondary N) is 2. The molecule has 1 rings (SSSR count). The van der Waals surface area contributed by atoms with Gasteiger partial charge in [-0.3, -0.25) is 10.1 Å². The Balaban J connectivity index is 0.00000576. The predicted molar refractivity (Wildman–Crippen MR) is 85.3 cm³/mol. The number of non-ortho nitro benzene ring substituents is 1. The fourth-order valence-electron chi connectivity index (χ4n) is 1.74. The number of sulfonamides is 1. The molecule has 0 heterocycles. The van der Waals surface area contributed by atoms with E-state index in [1.54, 1.807) is 0 Å². The lowest BCUT2D eigenvalue weighted by Gasteiger charge is -2.14. The molecular formula is C12H17ClF3N3O5S. The molecule has 8 nitrogen and oxygen atoms in total. The molecule has 0 fully saturated rings. The summed E-state index contributed by atoms with van der Waals surface area (Å²) in [5, 5.41) is 13.4. The van der Waals surface area contributed by atoms with Crippen molar-refractivity contribution in [3.8, 4) is 0 Å². The second-order valence-electron chi connectivity index (χ2n) is 4.58. The molecule has 0 spiro atoms. The van der Waals surface area contributed by atoms with Gasteiger partial charge >= 0.3 is 6.18 Å². The van der Waals surface area contributed by atoms with E-state index in [4.69, 9.17) is 4.74 Å². The van der Waals surface area contributed by atoms with Crippen LogP contribution in [0.25, 0.3) is 0 Å². The standard InChI is InChI=1S/C12H16F3N3O5S.ClH/c1-23-7-6-16-4-5-17-24(21,22)11-3-2-9(18(19)20)8-10(11)12(13,14)15;/h2-3,8,16-17H,4-7H2,1H3;1H. The molecule has 0 aliphatic rings. The van der Waals surface area contributed by atoms with Crippen molar-refractivity contribution in [3.05, 3.63) is 33.9 Å². The molecule has 0 unspecified atom stereocenters. The molecule has 0 saturated heterocycles. The average Bonchev–Trinajstić information content (AvgIpc) is 2.49. The van der Waals surface area contributed by atoms with E-state index in [0.29, 0.717) is 25.3 Å². The Morgan fingerprint density at radius 1 is 1.24 bits per heavy atom. The Kier molecular flexibility index (Phi) is 9.29. The molecule has 0 saturated carbocycles. The van der Waals surface area contributed by atoms with Gasteiger partial charge in [0.2, 0.25) is 10.0 Å². The number of halogens is 4. The van der Waals surface area contributed by atoms with Crippen molar-refractivity contribution in [2.24, 2.45) is 0 Å². The van der Waals surface area contributed by atoms with Crippen molar-refractivity contribution in [3.63, 3.8) is 0 Å². The van der Waals surface area contributed by atoms with Crippen LogP contribution in [0.15, 0.2) is 23.1 Å². The molecule has 0 amide bonds. The fourth-order valence-corrected chi connectivity index (χ4v) is 2.98. The molecule has 1 aromatic rings. The topological polar surface area (TPSA) is 111 Å². The highest BCUT2D eigenvalue weighted by molar-refractivity contribution is 7.89. The Hall–Kier alpha value is -1.47. The van der Waals surface area contributed by atoms with Crippen molar-refractivity contribution < 1.29 is 31.2 Å². The smallest absolute Gasteiger partial charge is 0.383 e. The maximum atomic E-state index is 13.0. The van der Waals surface area contributed by atoms with Crippen LogP contribution in [0.2, 0.25) is 0 Å². The van der Waals surface area contributed by atoms with Gasteiger partial charge in [-0.25, -0.2) is 13.1 Å². The van der Waals surface area contributed by atoms with Crippen LogP contribution in [0, 0.1) is 10.1 Å². The van der Waals surface area contributed by atoms with E-state index in [1.807, 2.05) is 4.72 Å². The number of nitrogens with zero attached hydrogens (tertiary/aromatic N) is 1. The van der Waals surface area contributed by atoms with Crippen LogP contribution in [-0.2, 0) is 20.9 Å². The van der Waals surface area contributed by atoms with Gasteiger partial charge in [-0.05, 0) is 6.07 Å². The van der Waals surface area contributed by atoms with Crippen LogP contribution >= 0.6 is 12.4 Å². The van der Waals surface area contributed by atoms with E-state index in [9.17, 15) is 31.7 Å². The SMILES string of the molecule is COCCNCCNS(=O)(=O)c1ccc([N+](=O)[O-])cc1C(F)(F)F.Cl. The first-order valence-electron chi connectivity index (χ1n) is 6.64. The van der Waals surface area contributed by atoms with Gasteiger partial charge in [-0.15, -0.1) is 12.4 Å². The van der Waals surface area contributed by atoms with Gasteiger partial charge in [0, 0.05) is 38.9 Å². The molecular weight excluding hydrogens is 391 g/mol. The molecule has 13 heteroatoms. The number of alkyl halides is 3. The molecule has 0 atom stereocenters. The summed E-state index contributed by atoms with van der Waals surface area (Å²) in [6.07, 6.45) is -5.05. The van der Waals surface area contributed by atoms with Gasteiger partial charge in [0.1, 0.15) is 0 Å². The summed E-state index contributed by atoms with van der Waals surface area (Å²) in [5.41, 5.74) is -2.43. The van der Waals surface area contributed by atoms with E-state index < -0.39 is 37.3 Å². The molecule has 0 aliphatic carbocycles. The summed E-state index contributed by atoms with van der Waals surface area (Å²) in [5.74, 6) is 0. The number of hydrogen-bond donors (Lipinski definition) is 2. The van der Waals surface area contributed by atoms with E-state index in [2.05, 4.69) is 5.32 Å². The van der Waals surface area contributed by atoms with Crippen LogP contribution in [0.1, 0.15) is 5.56 Å². The zero-order valence-electron chi connectivity index (χ0n) is 13.0. The monoisotopic (exact) mass is 407 g/mol. The third kappa shape index (κ3) is 7.12. The molecule has 1 aromatic carbocycles. The predicted octanol–water partition coefficient (Wildman–Crippen LogP) is 1.55. The fraction of sp³-hybridized carbons (Fsp3) is 0.500. The van der Waals surface area contributed by atoms with Crippen molar-refractivity contribution in [1.82, 2.24) is 10.0 Å². The molecule has 0 radical (unpaired) electrons. The zero-order valence-corrected chi connectivity index (χ0v) is 14.6. The number of methoxy groups -OCH3 is 1. The van der Waals surface area contributed by atoms with Gasteiger partial charge in [-0.1, -0.05) is 0 Å². The average molecular weight is 408 g/mol. The largest absolute Gasteiger partial charge is 0.417 e. The van der Waals surface area contributed by atoms with Crippen LogP contribution in [-0.4, -0.2) is 46.7 Å². The number of ether oxygens (including phenoxy) is 1. The second-order valence-corrected chi connectivity index (χ2v) is 6.31. The highest BCUT2D eigenvalue weighted by atomic mass is 35.5. The lowest BCUT2D eigenvalue weighted by Crippen LogP contribution is -2.34. The second kappa shape index (κ2) is 9.87. The van der Waals surface area contributed by atoms with Gasteiger partial charge < -0.3 is 10.1 Å². The summed E-state index contributed by atoms with van der Waals surface area (Å²) >= 11 is 0. The van der Waals surface area contributed by atoms with Crippen LogP contribution in [0.5, 0.6) is 0 Å². The van der Waals surface area contributed by atoms with E-state index in [0.717, 1.165) is 0 Å². The van der Waals surface area contributed by atoms with Gasteiger partial charge in [0.25, 0.3) is 5.69 Å². The van der Waals surface area contributed by atoms with Gasteiger partial charge in [0.15, 0.2) is 0 Å². The normalized spacial score (nSPS) is 11.8. The highest BCUT2D eigenvalue weighted by Crippen LogP contribution is 2.36. The molecule has 25 heavy (non-hydrogen) atoms. The van der Waals surface area contributed by atoms with Crippen molar-refractivity contribution in [2.75, 3.05) is 33.4 Å². The Morgan fingerprint density at radius 2 is 1.88 bits per heavy atom. The number of hydrogen-bond acceptors (Lipinski definition) is 6. The van der Waals surface area contributed by atoms with Crippen molar-refractivity contribution in [1.29, 1.82) is 0 Å². The maximum Gasteiger partial charge on any atom is 0.417 e. The van der Waals surface area contributed by atoms with Gasteiger partial charge in [-0.2, -0.15) is 13.2 Å². The molecule has 2 N–H and O–H groups in total. The molecule has 0 aliphatic heterocycles. The van der Waals surface area contributed by atoms with E-state index >= 15 is 0 Å². The highest BCUT2D eigenvalue weighted by Gasteiger charge is 2.38. The lowest BCUT2D eigenvalue weighted by atomic mass is 10.2. The van der Waals surface area contributed by atoms with Crippen molar-refractivity contribution in [2.45, 2.75) is 11.1 Å². The first kappa shape index (κ1) is 23.5. The van der Waals surface area contributed by atoms with E-state index in [-0.39, 0.29) is 31.6 Å². The molecule has 0 bridgehead atoms. The Morgan fingerprint density at radius 3 is 2.40 bits per heavy atom. The summed E-state index contributed by atoms with van der Waals surface area (Å²) in [4.78, 5) is 8.51. The first-order valence-corrected chi connectivity index (χ1v) is 8.13. The van der Waals surface area contributed by atoms with Crippen molar-refractivity contribution >= 4 is 28.1 Å². The molecule has 144 valence electrons. The third-order valence-electron chi connectivity index (χ3n) is 2.85. The van der Waals surface area contributed by atoms with Crippen LogP contribution in [0.3, 0.4) is 0 Å². The summed E-state index contributed by atoms with van der Waals surface area (Å²) in [6, 6.07) is 1.48. The minimum atomic E-state index is -5.05. The van der Waals surface area contributed by atoms with Gasteiger partial charge in [0.05, 0.1) is 22.0 Å². The van der Waals surface area contributed by atoms with E-state index in [1.165, 1.54) is 7.11 Å².